The summed E-state index contributed by atoms with van der Waals surface area (Å²) < 4.78 is 11.8. The molecule has 1 heterocycles. The summed E-state index contributed by atoms with van der Waals surface area (Å²) >= 11 is 0. The van der Waals surface area contributed by atoms with E-state index in [9.17, 15) is 9.90 Å². The Morgan fingerprint density at radius 2 is 1.67 bits per heavy atom. The summed E-state index contributed by atoms with van der Waals surface area (Å²) in [5.74, 6) is 0.681. The molecule has 0 saturated heterocycles. The summed E-state index contributed by atoms with van der Waals surface area (Å²) in [4.78, 5) is 14.7. The summed E-state index contributed by atoms with van der Waals surface area (Å²) in [5, 5.41) is 12.7. The average molecular weight is 446 g/mol. The summed E-state index contributed by atoms with van der Waals surface area (Å²) in [6.07, 6.45) is -0.396. The molecule has 1 aromatic heterocycles. The van der Waals surface area contributed by atoms with E-state index < -0.39 is 6.10 Å². The number of carbonyl (C=O) groups is 1. The zero-order valence-corrected chi connectivity index (χ0v) is 19.5. The lowest BCUT2D eigenvalue weighted by Gasteiger charge is -2.28. The van der Waals surface area contributed by atoms with Crippen LogP contribution in [-0.2, 0) is 11.3 Å². The van der Waals surface area contributed by atoms with Crippen LogP contribution in [0.5, 0.6) is 5.75 Å². The molecule has 0 aliphatic carbocycles. The maximum atomic E-state index is 13.0. The van der Waals surface area contributed by atoms with E-state index in [4.69, 9.17) is 9.15 Å². The van der Waals surface area contributed by atoms with Crippen LogP contribution < -0.4 is 4.74 Å². The van der Waals surface area contributed by atoms with Gasteiger partial charge >= 0.3 is 0 Å². The van der Waals surface area contributed by atoms with Crippen molar-refractivity contribution in [2.75, 3.05) is 13.2 Å². The topological polar surface area (TPSA) is 62.9 Å². The highest BCUT2D eigenvalue weighted by Crippen LogP contribution is 2.31. The van der Waals surface area contributed by atoms with E-state index in [1.54, 1.807) is 4.90 Å². The molecule has 1 unspecified atom stereocenters. The van der Waals surface area contributed by atoms with Crippen molar-refractivity contribution < 1.29 is 19.1 Å². The molecule has 0 aliphatic heterocycles. The highest BCUT2D eigenvalue weighted by atomic mass is 16.5. The summed E-state index contributed by atoms with van der Waals surface area (Å²) in [6.45, 7) is 6.89. The van der Waals surface area contributed by atoms with Gasteiger partial charge in [0, 0.05) is 23.7 Å². The minimum absolute atomic E-state index is 0.0247. The number of carbonyl (C=O) groups excluding carboxylic acids is 1. The minimum Gasteiger partial charge on any atom is -0.491 e. The van der Waals surface area contributed by atoms with Gasteiger partial charge in [-0.2, -0.15) is 0 Å². The summed E-state index contributed by atoms with van der Waals surface area (Å²) in [6, 6.07) is 23.4. The van der Waals surface area contributed by atoms with Gasteiger partial charge in [-0.15, -0.1) is 0 Å². The first-order chi connectivity index (χ1) is 15.8. The van der Waals surface area contributed by atoms with Crippen LogP contribution in [0.3, 0.4) is 0 Å². The number of hydrogen-bond acceptors (Lipinski definition) is 4. The van der Waals surface area contributed by atoms with Gasteiger partial charge in [0.25, 0.3) is 0 Å². The van der Waals surface area contributed by atoms with Crippen molar-refractivity contribution >= 4 is 27.8 Å². The van der Waals surface area contributed by atoms with E-state index >= 15 is 0 Å². The van der Waals surface area contributed by atoms with Gasteiger partial charge in [0.15, 0.2) is 0 Å². The third-order valence-corrected chi connectivity index (χ3v) is 5.47. The Kier molecular flexibility index (Phi) is 6.70. The second-order valence-corrected chi connectivity index (χ2v) is 9.72. The van der Waals surface area contributed by atoms with Crippen molar-refractivity contribution in [3.8, 4) is 5.75 Å². The Bertz CT molecular complexity index is 1220. The predicted molar refractivity (Wildman–Crippen MR) is 131 cm³/mol. The standard InChI is InChI=1S/C28H31NO4/c1-28(2,3)16-27(31)29(17-20-9-5-4-6-10-20)18-21(30)19-32-22-13-14-26-24(15-22)23-11-7-8-12-25(23)33-26/h4-15,21,30H,16-19H2,1-3H3. The highest BCUT2D eigenvalue weighted by molar-refractivity contribution is 6.05. The lowest BCUT2D eigenvalue weighted by atomic mass is 9.91. The van der Waals surface area contributed by atoms with Crippen LogP contribution >= 0.6 is 0 Å². The molecule has 33 heavy (non-hydrogen) atoms. The third-order valence-electron chi connectivity index (χ3n) is 5.47. The molecule has 4 rings (SSSR count). The van der Waals surface area contributed by atoms with Crippen LogP contribution in [0.15, 0.2) is 77.2 Å². The van der Waals surface area contributed by atoms with E-state index in [2.05, 4.69) is 0 Å². The molecule has 0 bridgehead atoms. The molecular formula is C28H31NO4. The molecule has 3 aromatic carbocycles. The van der Waals surface area contributed by atoms with Crippen molar-refractivity contribution in [1.82, 2.24) is 4.90 Å². The zero-order chi connectivity index (χ0) is 23.4. The van der Waals surface area contributed by atoms with Gasteiger partial charge < -0.3 is 19.2 Å². The van der Waals surface area contributed by atoms with Gasteiger partial charge in [-0.25, -0.2) is 0 Å². The number of amides is 1. The Morgan fingerprint density at radius 1 is 0.970 bits per heavy atom. The second kappa shape index (κ2) is 9.67. The quantitative estimate of drug-likeness (QED) is 0.373. The monoisotopic (exact) mass is 445 g/mol. The van der Waals surface area contributed by atoms with E-state index in [1.807, 2.05) is 93.6 Å². The smallest absolute Gasteiger partial charge is 0.223 e. The van der Waals surface area contributed by atoms with E-state index in [0.717, 1.165) is 27.5 Å². The van der Waals surface area contributed by atoms with E-state index in [1.165, 1.54) is 0 Å². The number of hydrogen-bond donors (Lipinski definition) is 1. The summed E-state index contributed by atoms with van der Waals surface area (Å²) in [7, 11) is 0. The molecule has 0 fully saturated rings. The van der Waals surface area contributed by atoms with Crippen LogP contribution in [0, 0.1) is 5.41 Å². The minimum atomic E-state index is -0.811. The molecular weight excluding hydrogens is 414 g/mol. The fraction of sp³-hybridized carbons (Fsp3) is 0.321. The molecule has 0 saturated carbocycles. The van der Waals surface area contributed by atoms with Crippen molar-refractivity contribution in [3.63, 3.8) is 0 Å². The lowest BCUT2D eigenvalue weighted by molar-refractivity contribution is -0.135. The number of aliphatic hydroxyl groups is 1. The Morgan fingerprint density at radius 3 is 2.42 bits per heavy atom. The van der Waals surface area contributed by atoms with Gasteiger partial charge in [0.2, 0.25) is 5.91 Å². The number of para-hydroxylation sites is 1. The first kappa shape index (κ1) is 22.9. The molecule has 4 aromatic rings. The van der Waals surface area contributed by atoms with Crippen LogP contribution in [0.2, 0.25) is 0 Å². The molecule has 1 atom stereocenters. The van der Waals surface area contributed by atoms with E-state index in [0.29, 0.717) is 18.7 Å². The van der Waals surface area contributed by atoms with Crippen LogP contribution in [0.1, 0.15) is 32.8 Å². The molecule has 0 spiro atoms. The average Bonchev–Trinajstić information content (AvgIpc) is 3.15. The number of fused-ring (bicyclic) bond motifs is 3. The predicted octanol–water partition coefficient (Wildman–Crippen LogP) is 5.79. The maximum absolute atomic E-state index is 13.0. The molecule has 172 valence electrons. The normalized spacial score (nSPS) is 12.7. The van der Waals surface area contributed by atoms with Gasteiger partial charge in [-0.3, -0.25) is 4.79 Å². The van der Waals surface area contributed by atoms with Crippen LogP contribution in [-0.4, -0.2) is 35.2 Å². The molecule has 0 aliphatic rings. The summed E-state index contributed by atoms with van der Waals surface area (Å²) in [5.41, 5.74) is 2.53. The van der Waals surface area contributed by atoms with Gasteiger partial charge in [-0.05, 0) is 35.2 Å². The fourth-order valence-corrected chi connectivity index (χ4v) is 3.92. The number of nitrogens with zero attached hydrogens (tertiary/aromatic N) is 1. The van der Waals surface area contributed by atoms with Crippen molar-refractivity contribution in [2.24, 2.45) is 5.41 Å². The first-order valence-electron chi connectivity index (χ1n) is 11.3. The van der Waals surface area contributed by atoms with Crippen molar-refractivity contribution in [2.45, 2.75) is 39.8 Å². The molecule has 5 nitrogen and oxygen atoms in total. The number of rotatable bonds is 8. The maximum Gasteiger partial charge on any atom is 0.223 e. The third kappa shape index (κ3) is 5.93. The molecule has 1 N–H and O–H groups in total. The Hall–Kier alpha value is -3.31. The first-order valence-corrected chi connectivity index (χ1v) is 11.3. The number of benzene rings is 3. The molecule has 5 heteroatoms. The fourth-order valence-electron chi connectivity index (χ4n) is 3.92. The number of aliphatic hydroxyl groups excluding tert-OH is 1. The zero-order valence-electron chi connectivity index (χ0n) is 19.5. The SMILES string of the molecule is CC(C)(C)CC(=O)N(Cc1ccccc1)CC(O)COc1ccc2oc3ccccc3c2c1. The lowest BCUT2D eigenvalue weighted by Crippen LogP contribution is -2.40. The number of ether oxygens (including phenoxy) is 1. The second-order valence-electron chi connectivity index (χ2n) is 9.72. The highest BCUT2D eigenvalue weighted by Gasteiger charge is 2.23. The van der Waals surface area contributed by atoms with Gasteiger partial charge in [0.05, 0.1) is 6.54 Å². The van der Waals surface area contributed by atoms with Crippen molar-refractivity contribution in [1.29, 1.82) is 0 Å². The van der Waals surface area contributed by atoms with Gasteiger partial charge in [0.1, 0.15) is 29.6 Å². The largest absolute Gasteiger partial charge is 0.491 e. The van der Waals surface area contributed by atoms with Gasteiger partial charge in [-0.1, -0.05) is 69.3 Å². The van der Waals surface area contributed by atoms with Crippen LogP contribution in [0.4, 0.5) is 0 Å². The van der Waals surface area contributed by atoms with E-state index in [-0.39, 0.29) is 24.5 Å². The van der Waals surface area contributed by atoms with Crippen LogP contribution in [0.25, 0.3) is 21.9 Å². The molecule has 1 amide bonds. The Balaban J connectivity index is 1.43. The van der Waals surface area contributed by atoms with Crippen molar-refractivity contribution in [3.05, 3.63) is 78.4 Å². The number of furan rings is 1. The molecule has 0 radical (unpaired) electrons. The Labute approximate surface area is 194 Å².